The molecule has 0 aliphatic heterocycles. The molecule has 0 aliphatic rings. The van der Waals surface area contributed by atoms with E-state index in [2.05, 4.69) is 15.5 Å². The minimum Gasteiger partial charge on any atom is -0.351 e. The topological polar surface area (TPSA) is 70.9 Å². The molecular formula is C17H16F3N3O2. The molecule has 0 unspecified atom stereocenters. The fourth-order valence-corrected chi connectivity index (χ4v) is 2.38. The molecule has 0 aliphatic carbocycles. The van der Waals surface area contributed by atoms with Crippen LogP contribution in [-0.2, 0) is 12.7 Å². The number of hydrogen-bond donors (Lipinski definition) is 2. The van der Waals surface area contributed by atoms with Crippen molar-refractivity contribution >= 4 is 16.8 Å². The Morgan fingerprint density at radius 2 is 2.04 bits per heavy atom. The van der Waals surface area contributed by atoms with E-state index in [0.29, 0.717) is 22.2 Å². The van der Waals surface area contributed by atoms with Gasteiger partial charge in [0.25, 0.3) is 5.91 Å². The summed E-state index contributed by atoms with van der Waals surface area (Å²) in [6, 6.07) is 7.43. The standard InChI is InChI=1S/C17H16F3N3O2/c1-9(2)13-7-14(25-23-13)16(24)21-8-10-3-4-12-11(5-10)6-15(22-12)17(18,19)20/h3-7,9,22H,8H2,1-2H3,(H,21,24). The summed E-state index contributed by atoms with van der Waals surface area (Å²) < 4.78 is 43.2. The molecule has 0 saturated carbocycles. The molecule has 0 radical (unpaired) electrons. The molecule has 1 aromatic carbocycles. The zero-order valence-corrected chi connectivity index (χ0v) is 13.6. The molecule has 2 N–H and O–H groups in total. The minimum atomic E-state index is -4.42. The lowest BCUT2D eigenvalue weighted by Crippen LogP contribution is -2.22. The number of carbonyl (C=O) groups is 1. The van der Waals surface area contributed by atoms with Crippen molar-refractivity contribution in [2.75, 3.05) is 0 Å². The highest BCUT2D eigenvalue weighted by Gasteiger charge is 2.32. The molecule has 1 amide bonds. The molecule has 0 bridgehead atoms. The zero-order chi connectivity index (χ0) is 18.2. The highest BCUT2D eigenvalue weighted by atomic mass is 19.4. The maximum Gasteiger partial charge on any atom is 0.431 e. The molecule has 2 heterocycles. The largest absolute Gasteiger partial charge is 0.431 e. The molecule has 132 valence electrons. The van der Waals surface area contributed by atoms with Gasteiger partial charge in [-0.15, -0.1) is 0 Å². The minimum absolute atomic E-state index is 0.103. The third kappa shape index (κ3) is 3.67. The van der Waals surface area contributed by atoms with E-state index < -0.39 is 17.8 Å². The molecular weight excluding hydrogens is 335 g/mol. The second kappa shape index (κ2) is 6.27. The van der Waals surface area contributed by atoms with Gasteiger partial charge in [-0.3, -0.25) is 4.79 Å². The molecule has 0 saturated heterocycles. The number of H-pyrrole nitrogens is 1. The van der Waals surface area contributed by atoms with Crippen molar-refractivity contribution in [3.63, 3.8) is 0 Å². The third-order valence-electron chi connectivity index (χ3n) is 3.79. The van der Waals surface area contributed by atoms with Crippen LogP contribution >= 0.6 is 0 Å². The number of carbonyl (C=O) groups excluding carboxylic acids is 1. The Kier molecular flexibility index (Phi) is 4.28. The summed E-state index contributed by atoms with van der Waals surface area (Å²) in [4.78, 5) is 14.4. The first kappa shape index (κ1) is 17.1. The number of nitrogens with zero attached hydrogens (tertiary/aromatic N) is 1. The number of amides is 1. The van der Waals surface area contributed by atoms with Crippen molar-refractivity contribution in [1.82, 2.24) is 15.5 Å². The van der Waals surface area contributed by atoms with Gasteiger partial charge in [0.15, 0.2) is 0 Å². The summed E-state index contributed by atoms with van der Waals surface area (Å²) in [6.07, 6.45) is -4.42. The van der Waals surface area contributed by atoms with Crippen LogP contribution in [0.25, 0.3) is 10.9 Å². The van der Waals surface area contributed by atoms with Crippen LogP contribution in [0.5, 0.6) is 0 Å². The average Bonchev–Trinajstić information content (AvgIpc) is 3.18. The Balaban J connectivity index is 1.71. The first-order valence-electron chi connectivity index (χ1n) is 7.67. The number of halogens is 3. The molecule has 0 fully saturated rings. The van der Waals surface area contributed by atoms with E-state index >= 15 is 0 Å². The number of fused-ring (bicyclic) bond motifs is 1. The van der Waals surface area contributed by atoms with Crippen molar-refractivity contribution in [2.45, 2.75) is 32.5 Å². The number of nitrogens with one attached hydrogen (secondary N) is 2. The highest BCUT2D eigenvalue weighted by Crippen LogP contribution is 2.31. The van der Waals surface area contributed by atoms with Crippen molar-refractivity contribution in [3.8, 4) is 0 Å². The van der Waals surface area contributed by atoms with E-state index in [0.717, 1.165) is 6.07 Å². The Hall–Kier alpha value is -2.77. The van der Waals surface area contributed by atoms with E-state index in [-0.39, 0.29) is 18.2 Å². The molecule has 2 aromatic heterocycles. The van der Waals surface area contributed by atoms with Crippen molar-refractivity contribution in [1.29, 1.82) is 0 Å². The highest BCUT2D eigenvalue weighted by molar-refractivity contribution is 5.91. The van der Waals surface area contributed by atoms with E-state index in [9.17, 15) is 18.0 Å². The van der Waals surface area contributed by atoms with Gasteiger partial charge in [-0.1, -0.05) is 25.1 Å². The SMILES string of the molecule is CC(C)c1cc(C(=O)NCc2ccc3[nH]c(C(F)(F)F)cc3c2)on1. The fourth-order valence-electron chi connectivity index (χ4n) is 2.38. The van der Waals surface area contributed by atoms with Gasteiger partial charge in [0.05, 0.1) is 5.69 Å². The van der Waals surface area contributed by atoms with Gasteiger partial charge in [0.1, 0.15) is 5.69 Å². The predicted molar refractivity (Wildman–Crippen MR) is 85.1 cm³/mol. The maximum atomic E-state index is 12.7. The predicted octanol–water partition coefficient (Wildman–Crippen LogP) is 4.23. The molecule has 25 heavy (non-hydrogen) atoms. The Bertz CT molecular complexity index is 909. The normalized spacial score (nSPS) is 12.1. The van der Waals surface area contributed by atoms with Crippen LogP contribution in [-0.4, -0.2) is 16.0 Å². The van der Waals surface area contributed by atoms with Crippen LogP contribution in [0, 0.1) is 0 Å². The number of benzene rings is 1. The third-order valence-corrected chi connectivity index (χ3v) is 3.79. The molecule has 0 spiro atoms. The van der Waals surface area contributed by atoms with Gasteiger partial charge in [-0.2, -0.15) is 13.2 Å². The Labute approximate surface area is 141 Å². The lowest BCUT2D eigenvalue weighted by molar-refractivity contribution is -0.140. The second-order valence-electron chi connectivity index (χ2n) is 6.06. The van der Waals surface area contributed by atoms with Gasteiger partial charge in [0, 0.05) is 23.5 Å². The van der Waals surface area contributed by atoms with E-state index in [1.54, 1.807) is 24.3 Å². The van der Waals surface area contributed by atoms with Crippen LogP contribution < -0.4 is 5.32 Å². The Morgan fingerprint density at radius 1 is 1.28 bits per heavy atom. The zero-order valence-electron chi connectivity index (χ0n) is 13.6. The van der Waals surface area contributed by atoms with Gasteiger partial charge in [-0.05, 0) is 29.7 Å². The molecule has 3 rings (SSSR count). The maximum absolute atomic E-state index is 12.7. The fraction of sp³-hybridized carbons (Fsp3) is 0.294. The Morgan fingerprint density at radius 3 is 2.68 bits per heavy atom. The lowest BCUT2D eigenvalue weighted by atomic mass is 10.1. The van der Waals surface area contributed by atoms with Gasteiger partial charge in [-0.25, -0.2) is 0 Å². The summed E-state index contributed by atoms with van der Waals surface area (Å²) >= 11 is 0. The van der Waals surface area contributed by atoms with Crippen LogP contribution in [0.1, 0.15) is 47.3 Å². The smallest absolute Gasteiger partial charge is 0.351 e. The summed E-state index contributed by atoms with van der Waals surface area (Å²) in [5.74, 6) is -0.181. The van der Waals surface area contributed by atoms with E-state index in [1.807, 2.05) is 13.8 Å². The summed E-state index contributed by atoms with van der Waals surface area (Å²) in [6.45, 7) is 4.03. The second-order valence-corrected chi connectivity index (χ2v) is 6.06. The average molecular weight is 351 g/mol. The number of aromatic nitrogens is 2. The van der Waals surface area contributed by atoms with Crippen LogP contribution in [0.15, 0.2) is 34.9 Å². The van der Waals surface area contributed by atoms with Crippen LogP contribution in [0.4, 0.5) is 13.2 Å². The number of alkyl halides is 3. The first-order chi connectivity index (χ1) is 11.7. The molecule has 5 nitrogen and oxygen atoms in total. The van der Waals surface area contributed by atoms with Crippen molar-refractivity contribution in [2.24, 2.45) is 0 Å². The van der Waals surface area contributed by atoms with Crippen LogP contribution in [0.3, 0.4) is 0 Å². The quantitative estimate of drug-likeness (QED) is 0.739. The number of aromatic amines is 1. The molecule has 8 heteroatoms. The number of rotatable bonds is 4. The van der Waals surface area contributed by atoms with Crippen LogP contribution in [0.2, 0.25) is 0 Å². The van der Waals surface area contributed by atoms with Gasteiger partial charge < -0.3 is 14.8 Å². The summed E-state index contributed by atoms with van der Waals surface area (Å²) in [5, 5.41) is 6.91. The van der Waals surface area contributed by atoms with Crippen molar-refractivity contribution in [3.05, 3.63) is 53.0 Å². The lowest BCUT2D eigenvalue weighted by Gasteiger charge is -2.03. The summed E-state index contributed by atoms with van der Waals surface area (Å²) in [5.41, 5.74) is 0.946. The summed E-state index contributed by atoms with van der Waals surface area (Å²) in [7, 11) is 0. The molecule has 3 aromatic rings. The monoisotopic (exact) mass is 351 g/mol. The van der Waals surface area contributed by atoms with Gasteiger partial charge in [0.2, 0.25) is 5.76 Å². The van der Waals surface area contributed by atoms with Crippen molar-refractivity contribution < 1.29 is 22.5 Å². The van der Waals surface area contributed by atoms with Gasteiger partial charge >= 0.3 is 6.18 Å². The van der Waals surface area contributed by atoms with E-state index in [4.69, 9.17) is 4.52 Å². The molecule has 0 atom stereocenters. The number of hydrogen-bond acceptors (Lipinski definition) is 3. The van der Waals surface area contributed by atoms with E-state index in [1.165, 1.54) is 0 Å². The first-order valence-corrected chi connectivity index (χ1v) is 7.67.